The molecule has 3 heteroatoms. The summed E-state index contributed by atoms with van der Waals surface area (Å²) >= 11 is 0. The molecule has 2 aliphatic rings. The third-order valence-electron chi connectivity index (χ3n) is 16.4. The molecule has 11 aromatic carbocycles. The standard InChI is InChI=1S/C68H49N3/c1-67(2)59-25-15-13-23-51(59)53-34-30-47(39-61(53)67)69(44-18-7-5-8-19-44)46-29-27-43-37-58-55-36-32-49(41-63(55)71-65-50-22-12-11-17-42(50)28-33-56(65)64(66(58)71)57(43)38-46)70(45-20-9-6-10-21-45)48-31-35-54-52-24-14-16-26-60(52)68(3,4)62(54)40-48/h5-41H,1-4H3. The van der Waals surface area contributed by atoms with E-state index >= 15 is 0 Å². The number of benzene rings is 11. The molecule has 0 atom stereocenters. The molecule has 13 aromatic rings. The maximum atomic E-state index is 2.59. The molecule has 0 unspecified atom stereocenters. The number of rotatable bonds is 6. The molecule has 0 saturated carbocycles. The summed E-state index contributed by atoms with van der Waals surface area (Å²) in [5.74, 6) is 0. The largest absolute Gasteiger partial charge is 0.310 e. The van der Waals surface area contributed by atoms with E-state index in [9.17, 15) is 0 Å². The maximum absolute atomic E-state index is 2.59. The minimum absolute atomic E-state index is 0.117. The second kappa shape index (κ2) is 14.4. The van der Waals surface area contributed by atoms with Gasteiger partial charge in [-0.3, -0.25) is 0 Å². The fraction of sp³-hybridized carbons (Fsp3) is 0.0882. The summed E-state index contributed by atoms with van der Waals surface area (Å²) in [6.45, 7) is 9.47. The molecule has 0 spiro atoms. The predicted molar refractivity (Wildman–Crippen MR) is 301 cm³/mol. The van der Waals surface area contributed by atoms with Crippen LogP contribution in [0.2, 0.25) is 0 Å². The fourth-order valence-corrected chi connectivity index (χ4v) is 13.1. The van der Waals surface area contributed by atoms with Gasteiger partial charge in [0, 0.05) is 71.9 Å². The quantitative estimate of drug-likeness (QED) is 0.165. The lowest BCUT2D eigenvalue weighted by Crippen LogP contribution is -2.16. The summed E-state index contributed by atoms with van der Waals surface area (Å²) in [6.07, 6.45) is 0. The Hall–Kier alpha value is -8.66. The Morgan fingerprint density at radius 3 is 1.41 bits per heavy atom. The molecule has 15 rings (SSSR count). The first kappa shape index (κ1) is 40.2. The highest BCUT2D eigenvalue weighted by molar-refractivity contribution is 6.34. The average molecular weight is 908 g/mol. The molecule has 71 heavy (non-hydrogen) atoms. The number of fused-ring (bicyclic) bond motifs is 16. The number of para-hydroxylation sites is 2. The first-order valence-electron chi connectivity index (χ1n) is 25.0. The number of anilines is 6. The molecule has 2 heterocycles. The van der Waals surface area contributed by atoms with E-state index < -0.39 is 0 Å². The van der Waals surface area contributed by atoms with Crippen LogP contribution in [0.25, 0.3) is 81.9 Å². The Bertz CT molecular complexity index is 4350. The zero-order valence-corrected chi connectivity index (χ0v) is 40.2. The molecule has 0 radical (unpaired) electrons. The van der Waals surface area contributed by atoms with Gasteiger partial charge in [0.15, 0.2) is 0 Å². The van der Waals surface area contributed by atoms with Gasteiger partial charge in [0.25, 0.3) is 0 Å². The van der Waals surface area contributed by atoms with Crippen molar-refractivity contribution >= 4 is 93.8 Å². The third-order valence-corrected chi connectivity index (χ3v) is 16.4. The van der Waals surface area contributed by atoms with E-state index in [2.05, 4.69) is 266 Å². The van der Waals surface area contributed by atoms with Gasteiger partial charge in [-0.05, 0) is 140 Å². The number of aromatic nitrogens is 1. The summed E-state index contributed by atoms with van der Waals surface area (Å²) in [4.78, 5) is 4.90. The molecule has 3 nitrogen and oxygen atoms in total. The van der Waals surface area contributed by atoms with Crippen molar-refractivity contribution in [1.82, 2.24) is 4.40 Å². The van der Waals surface area contributed by atoms with Crippen LogP contribution >= 0.6 is 0 Å². The van der Waals surface area contributed by atoms with Crippen LogP contribution in [0.1, 0.15) is 49.9 Å². The highest BCUT2D eigenvalue weighted by atomic mass is 15.1. The van der Waals surface area contributed by atoms with E-state index in [1.165, 1.54) is 104 Å². The lowest BCUT2D eigenvalue weighted by molar-refractivity contribution is 0.660. The van der Waals surface area contributed by atoms with Crippen molar-refractivity contribution in [3.05, 3.63) is 247 Å². The number of nitrogens with zero attached hydrogens (tertiary/aromatic N) is 3. The summed E-state index contributed by atoms with van der Waals surface area (Å²) in [7, 11) is 0. The Kier molecular flexibility index (Phi) is 8.19. The molecule has 336 valence electrons. The predicted octanol–water partition coefficient (Wildman–Crippen LogP) is 18.7. The first-order valence-corrected chi connectivity index (χ1v) is 25.0. The van der Waals surface area contributed by atoms with Crippen LogP contribution in [-0.4, -0.2) is 4.40 Å². The SMILES string of the molecule is CC1(C)c2ccccc2-c2ccc(N(c3ccccc3)c3ccc4cc5c6ccc(N(c7ccccc7)c7ccc8c(c7)C(C)(C)c7ccccc7-8)cc6n6c7c8ccccc8ccc7c(c4c3)c56)cc21. The van der Waals surface area contributed by atoms with Crippen LogP contribution in [0.15, 0.2) is 224 Å². The van der Waals surface area contributed by atoms with Crippen molar-refractivity contribution in [2.45, 2.75) is 38.5 Å². The average Bonchev–Trinajstić information content (AvgIpc) is 4.07. The second-order valence-electron chi connectivity index (χ2n) is 20.9. The maximum Gasteiger partial charge on any atom is 0.0627 e. The van der Waals surface area contributed by atoms with Crippen LogP contribution < -0.4 is 9.80 Å². The van der Waals surface area contributed by atoms with E-state index in [1.54, 1.807) is 0 Å². The van der Waals surface area contributed by atoms with Gasteiger partial charge in [-0.2, -0.15) is 0 Å². The third kappa shape index (κ3) is 5.55. The van der Waals surface area contributed by atoms with Gasteiger partial charge < -0.3 is 14.2 Å². The van der Waals surface area contributed by atoms with Crippen LogP contribution in [-0.2, 0) is 10.8 Å². The molecule has 2 aliphatic carbocycles. The van der Waals surface area contributed by atoms with Gasteiger partial charge in [0.2, 0.25) is 0 Å². The molecule has 0 fully saturated rings. The van der Waals surface area contributed by atoms with Crippen molar-refractivity contribution in [3.8, 4) is 22.3 Å². The topological polar surface area (TPSA) is 10.9 Å². The Morgan fingerprint density at radius 2 is 0.775 bits per heavy atom. The molecular weight excluding hydrogens is 859 g/mol. The molecule has 0 saturated heterocycles. The molecule has 2 aromatic heterocycles. The van der Waals surface area contributed by atoms with E-state index in [0.717, 1.165) is 34.1 Å². The van der Waals surface area contributed by atoms with Crippen molar-refractivity contribution < 1.29 is 0 Å². The number of hydrogen-bond donors (Lipinski definition) is 0. The minimum atomic E-state index is -0.120. The van der Waals surface area contributed by atoms with Crippen molar-refractivity contribution in [1.29, 1.82) is 0 Å². The smallest absolute Gasteiger partial charge is 0.0627 e. The van der Waals surface area contributed by atoms with Gasteiger partial charge in [0.05, 0.1) is 16.6 Å². The summed E-state index contributed by atoms with van der Waals surface area (Å²) < 4.78 is 2.59. The van der Waals surface area contributed by atoms with Crippen LogP contribution in [0.3, 0.4) is 0 Å². The highest BCUT2D eigenvalue weighted by Gasteiger charge is 2.37. The molecule has 0 N–H and O–H groups in total. The zero-order chi connectivity index (χ0) is 47.3. The summed E-state index contributed by atoms with van der Waals surface area (Å²) in [5.41, 5.74) is 21.1. The van der Waals surface area contributed by atoms with Crippen molar-refractivity contribution in [2.24, 2.45) is 0 Å². The first-order chi connectivity index (χ1) is 34.7. The number of hydrogen-bond acceptors (Lipinski definition) is 2. The lowest BCUT2D eigenvalue weighted by Gasteiger charge is -2.28. The summed E-state index contributed by atoms with van der Waals surface area (Å²) in [6, 6.07) is 84.1. The Balaban J connectivity index is 0.968. The molecule has 0 bridgehead atoms. The zero-order valence-electron chi connectivity index (χ0n) is 40.2. The molecule has 0 amide bonds. The Morgan fingerprint density at radius 1 is 0.296 bits per heavy atom. The van der Waals surface area contributed by atoms with Gasteiger partial charge in [-0.15, -0.1) is 0 Å². The van der Waals surface area contributed by atoms with Gasteiger partial charge in [-0.1, -0.05) is 173 Å². The minimum Gasteiger partial charge on any atom is -0.310 e. The molecular formula is C68H49N3. The van der Waals surface area contributed by atoms with Crippen LogP contribution in [0.4, 0.5) is 34.1 Å². The van der Waals surface area contributed by atoms with E-state index in [-0.39, 0.29) is 10.8 Å². The van der Waals surface area contributed by atoms with Gasteiger partial charge in [-0.25, -0.2) is 0 Å². The second-order valence-corrected chi connectivity index (χ2v) is 20.9. The van der Waals surface area contributed by atoms with Gasteiger partial charge >= 0.3 is 0 Å². The molecule has 0 aliphatic heterocycles. The van der Waals surface area contributed by atoms with Crippen LogP contribution in [0.5, 0.6) is 0 Å². The van der Waals surface area contributed by atoms with E-state index in [1.807, 2.05) is 0 Å². The fourth-order valence-electron chi connectivity index (χ4n) is 13.1. The normalized spacial score (nSPS) is 14.1. The van der Waals surface area contributed by atoms with Crippen molar-refractivity contribution in [2.75, 3.05) is 9.80 Å². The monoisotopic (exact) mass is 907 g/mol. The van der Waals surface area contributed by atoms with Crippen LogP contribution in [0, 0.1) is 0 Å². The van der Waals surface area contributed by atoms with E-state index in [0.29, 0.717) is 0 Å². The van der Waals surface area contributed by atoms with Crippen molar-refractivity contribution in [3.63, 3.8) is 0 Å². The summed E-state index contributed by atoms with van der Waals surface area (Å²) in [5, 5.41) is 10.0. The lowest BCUT2D eigenvalue weighted by atomic mass is 9.82. The Labute approximate surface area is 413 Å². The van der Waals surface area contributed by atoms with Gasteiger partial charge in [0.1, 0.15) is 0 Å². The highest BCUT2D eigenvalue weighted by Crippen LogP contribution is 2.54. The van der Waals surface area contributed by atoms with E-state index in [4.69, 9.17) is 0 Å².